The number of likely N-dealkylation sites (tertiary alicyclic amines) is 1. The van der Waals surface area contributed by atoms with Crippen LogP contribution in [0.5, 0.6) is 0 Å². The number of hydrogen-bond donors (Lipinski definition) is 3. The summed E-state index contributed by atoms with van der Waals surface area (Å²) < 4.78 is 6.67. The van der Waals surface area contributed by atoms with Crippen molar-refractivity contribution in [3.63, 3.8) is 0 Å². The molecule has 11 heteroatoms. The van der Waals surface area contributed by atoms with Crippen molar-refractivity contribution < 1.29 is 29.0 Å². The Balaban J connectivity index is 1.36. The molecule has 0 aromatic heterocycles. The Labute approximate surface area is 246 Å². The lowest BCUT2D eigenvalue weighted by Gasteiger charge is -2.32. The number of nitrogens with zero attached hydrogens (tertiary/aromatic N) is 3. The standard InChI is InChI=1S/C31H38N4O6Si/c1-19-29(42(2,3)40)26(17-28(38)34-15-7-10-22(34)18-36)41-31(19)23-16-21(11-12-25(23)32-30(31)39)35-27(37)14-13-24(33-35)20-8-5-4-6-9-20/h4-6,8-9,11-12,16,19,22,26,29,36,40H,7,10,13-15,17-18H2,1-3H3,(H,32,39)/t19-,22+,26+,29-,31+/m1/s1. The number of hydrazone groups is 1. The van der Waals surface area contributed by atoms with Gasteiger partial charge in [0, 0.05) is 42.1 Å². The molecule has 0 unspecified atom stereocenters. The highest BCUT2D eigenvalue weighted by Gasteiger charge is 2.65. The van der Waals surface area contributed by atoms with E-state index in [-0.39, 0.29) is 36.8 Å². The molecule has 0 aliphatic carbocycles. The van der Waals surface area contributed by atoms with Crippen LogP contribution in [0.15, 0.2) is 53.6 Å². The van der Waals surface area contributed by atoms with E-state index < -0.39 is 31.5 Å². The molecular weight excluding hydrogens is 552 g/mol. The van der Waals surface area contributed by atoms with Gasteiger partial charge in [-0.15, -0.1) is 0 Å². The summed E-state index contributed by atoms with van der Waals surface area (Å²) in [4.78, 5) is 53.4. The van der Waals surface area contributed by atoms with Crippen LogP contribution in [0.1, 0.15) is 50.2 Å². The van der Waals surface area contributed by atoms with Crippen LogP contribution in [0.25, 0.3) is 0 Å². The van der Waals surface area contributed by atoms with Crippen LogP contribution in [-0.2, 0) is 24.7 Å². The molecule has 4 aliphatic heterocycles. The van der Waals surface area contributed by atoms with Crippen molar-refractivity contribution in [3.8, 4) is 0 Å². The molecule has 10 nitrogen and oxygen atoms in total. The molecule has 3 N–H and O–H groups in total. The number of carbonyl (C=O) groups is 3. The zero-order valence-corrected chi connectivity index (χ0v) is 25.2. The molecule has 6 rings (SSSR count). The Bertz CT molecular complexity index is 1440. The minimum absolute atomic E-state index is 0.0158. The molecule has 2 aromatic carbocycles. The van der Waals surface area contributed by atoms with Crippen LogP contribution in [0.3, 0.4) is 0 Å². The van der Waals surface area contributed by atoms with Crippen LogP contribution in [0.4, 0.5) is 11.4 Å². The highest BCUT2D eigenvalue weighted by atomic mass is 28.4. The average molecular weight is 591 g/mol. The van der Waals surface area contributed by atoms with E-state index >= 15 is 0 Å². The van der Waals surface area contributed by atoms with Gasteiger partial charge in [-0.2, -0.15) is 5.10 Å². The second kappa shape index (κ2) is 10.7. The van der Waals surface area contributed by atoms with Gasteiger partial charge in [-0.05, 0) is 49.7 Å². The predicted octanol–water partition coefficient (Wildman–Crippen LogP) is 3.34. The first-order valence-corrected chi connectivity index (χ1v) is 17.8. The highest BCUT2D eigenvalue weighted by Crippen LogP contribution is 2.58. The number of aliphatic hydroxyl groups excluding tert-OH is 1. The van der Waals surface area contributed by atoms with Crippen molar-refractivity contribution in [1.82, 2.24) is 4.90 Å². The van der Waals surface area contributed by atoms with Crippen LogP contribution in [-0.4, -0.2) is 71.9 Å². The maximum Gasteiger partial charge on any atom is 0.261 e. The Kier molecular flexibility index (Phi) is 7.33. The second-order valence-corrected chi connectivity index (χ2v) is 16.4. The number of aliphatic hydroxyl groups is 1. The molecule has 4 aliphatic rings. The Hall–Kier alpha value is -3.38. The molecule has 0 saturated carbocycles. The molecule has 2 aromatic rings. The topological polar surface area (TPSA) is 132 Å². The van der Waals surface area contributed by atoms with Gasteiger partial charge in [0.05, 0.1) is 36.6 Å². The van der Waals surface area contributed by atoms with Gasteiger partial charge in [0.2, 0.25) is 11.8 Å². The third-order valence-corrected chi connectivity index (χ3v) is 11.9. The molecule has 2 saturated heterocycles. The SMILES string of the molecule is C[C@@H]1[C@@H]([Si](C)(C)O)[C@H](CC(=O)N2CCC[C@H]2CO)O[C@@]12C(=O)Nc1ccc(N3N=C(c4ccccc4)CCC3=O)cc12. The number of carbonyl (C=O) groups excluding carboxylic acids is 3. The van der Waals surface area contributed by atoms with Gasteiger partial charge < -0.3 is 24.9 Å². The van der Waals surface area contributed by atoms with Crippen LogP contribution in [0.2, 0.25) is 18.6 Å². The maximum absolute atomic E-state index is 13.8. The van der Waals surface area contributed by atoms with Gasteiger partial charge in [-0.25, -0.2) is 5.01 Å². The molecule has 0 bridgehead atoms. The fourth-order valence-corrected chi connectivity index (χ4v) is 10.0. The predicted molar refractivity (Wildman–Crippen MR) is 160 cm³/mol. The monoisotopic (exact) mass is 590 g/mol. The zero-order valence-electron chi connectivity index (χ0n) is 24.2. The largest absolute Gasteiger partial charge is 0.432 e. The van der Waals surface area contributed by atoms with E-state index in [0.29, 0.717) is 36.3 Å². The number of rotatable bonds is 6. The number of ether oxygens (including phenoxy) is 1. The summed E-state index contributed by atoms with van der Waals surface area (Å²) in [5.74, 6) is -1.06. The third-order valence-electron chi connectivity index (χ3n) is 9.39. The van der Waals surface area contributed by atoms with Crippen LogP contribution < -0.4 is 10.3 Å². The highest BCUT2D eigenvalue weighted by molar-refractivity contribution is 6.71. The fourth-order valence-electron chi connectivity index (χ4n) is 7.45. The first-order valence-electron chi connectivity index (χ1n) is 14.8. The summed E-state index contributed by atoms with van der Waals surface area (Å²) in [5.41, 5.74) is 1.61. The van der Waals surface area contributed by atoms with E-state index in [0.717, 1.165) is 24.1 Å². The number of anilines is 2. The average Bonchev–Trinajstić information content (AvgIpc) is 3.64. The van der Waals surface area contributed by atoms with E-state index in [1.54, 1.807) is 23.1 Å². The minimum atomic E-state index is -2.94. The number of amides is 3. The molecule has 4 heterocycles. The van der Waals surface area contributed by atoms with Crippen LogP contribution in [0, 0.1) is 5.92 Å². The Morgan fingerprint density at radius 3 is 2.64 bits per heavy atom. The van der Waals surface area contributed by atoms with Crippen molar-refractivity contribution in [1.29, 1.82) is 0 Å². The van der Waals surface area contributed by atoms with E-state index in [2.05, 4.69) is 5.32 Å². The molecule has 2 fully saturated rings. The van der Waals surface area contributed by atoms with Gasteiger partial charge in [-0.1, -0.05) is 37.3 Å². The summed E-state index contributed by atoms with van der Waals surface area (Å²) in [7, 11) is -2.94. The molecule has 3 amide bonds. The van der Waals surface area contributed by atoms with Gasteiger partial charge in [0.15, 0.2) is 13.9 Å². The van der Waals surface area contributed by atoms with Crippen molar-refractivity contribution >= 4 is 43.1 Å². The fraction of sp³-hybridized carbons (Fsp3) is 0.484. The van der Waals surface area contributed by atoms with E-state index in [9.17, 15) is 24.3 Å². The second-order valence-electron chi connectivity index (χ2n) is 12.4. The zero-order chi connectivity index (χ0) is 29.8. The molecule has 5 atom stereocenters. The normalized spacial score (nSPS) is 29.2. The van der Waals surface area contributed by atoms with E-state index in [4.69, 9.17) is 9.84 Å². The maximum atomic E-state index is 13.8. The molecule has 42 heavy (non-hydrogen) atoms. The summed E-state index contributed by atoms with van der Waals surface area (Å²) in [6.45, 7) is 6.02. The lowest BCUT2D eigenvalue weighted by molar-refractivity contribution is -0.148. The quantitative estimate of drug-likeness (QED) is 0.443. The van der Waals surface area contributed by atoms with Gasteiger partial charge in [-0.3, -0.25) is 14.4 Å². The summed E-state index contributed by atoms with van der Waals surface area (Å²) >= 11 is 0. The van der Waals surface area contributed by atoms with E-state index in [1.807, 2.05) is 50.3 Å². The van der Waals surface area contributed by atoms with Crippen molar-refractivity contribution in [3.05, 3.63) is 59.7 Å². The molecule has 222 valence electrons. The Morgan fingerprint density at radius 2 is 1.93 bits per heavy atom. The van der Waals surface area contributed by atoms with Crippen LogP contribution >= 0.6 is 0 Å². The Morgan fingerprint density at radius 1 is 1.17 bits per heavy atom. The summed E-state index contributed by atoms with van der Waals surface area (Å²) in [6.07, 6.45) is 1.76. The number of benzene rings is 2. The number of nitrogens with one attached hydrogen (secondary N) is 1. The lowest BCUT2D eigenvalue weighted by Crippen LogP contribution is -2.44. The summed E-state index contributed by atoms with van der Waals surface area (Å²) in [6, 6.07) is 14.8. The number of hydrogen-bond acceptors (Lipinski definition) is 7. The lowest BCUT2D eigenvalue weighted by atomic mass is 9.82. The summed E-state index contributed by atoms with van der Waals surface area (Å²) in [5, 5.41) is 18.8. The van der Waals surface area contributed by atoms with Crippen molar-refractivity contribution in [2.75, 3.05) is 23.5 Å². The first kappa shape index (κ1) is 28.7. The molecular formula is C31H38N4O6Si. The van der Waals surface area contributed by atoms with Gasteiger partial charge in [0.1, 0.15) is 0 Å². The van der Waals surface area contributed by atoms with Gasteiger partial charge in [0.25, 0.3) is 5.91 Å². The number of fused-ring (bicyclic) bond motifs is 2. The minimum Gasteiger partial charge on any atom is -0.432 e. The molecule has 0 radical (unpaired) electrons. The first-order chi connectivity index (χ1) is 20.0. The molecule has 1 spiro atoms. The van der Waals surface area contributed by atoms with Crippen molar-refractivity contribution in [2.24, 2.45) is 11.0 Å². The smallest absolute Gasteiger partial charge is 0.261 e. The third kappa shape index (κ3) is 4.68. The van der Waals surface area contributed by atoms with E-state index in [1.165, 1.54) is 5.01 Å². The van der Waals surface area contributed by atoms with Crippen molar-refractivity contribution in [2.45, 2.75) is 75.4 Å². The van der Waals surface area contributed by atoms with Gasteiger partial charge >= 0.3 is 0 Å².